The van der Waals surface area contributed by atoms with Crippen LogP contribution in [-0.4, -0.2) is 17.6 Å². The lowest BCUT2D eigenvalue weighted by Gasteiger charge is -2.26. The summed E-state index contributed by atoms with van der Waals surface area (Å²) in [5.74, 6) is 0.234. The van der Waals surface area contributed by atoms with E-state index >= 15 is 0 Å². The van der Waals surface area contributed by atoms with Crippen LogP contribution >= 0.6 is 11.6 Å². The van der Waals surface area contributed by atoms with Crippen molar-refractivity contribution in [3.63, 3.8) is 0 Å². The standard InChI is InChI=1S/C16H14ClNO3/c17-12-6-3-5-11(15(12)19)16(20)18-13-8-9-21-14-7-2-1-4-10(13)14/h1-7,13,19H,8-9H2,(H,18,20)/t13-/m1/s1. The molecular formula is C16H14ClNO3. The Morgan fingerprint density at radius 1 is 1.24 bits per heavy atom. The Morgan fingerprint density at radius 2 is 2.05 bits per heavy atom. The van der Waals surface area contributed by atoms with Gasteiger partial charge in [-0.05, 0) is 18.2 Å². The van der Waals surface area contributed by atoms with Crippen LogP contribution in [0.15, 0.2) is 42.5 Å². The van der Waals surface area contributed by atoms with E-state index in [-0.39, 0.29) is 28.3 Å². The Kier molecular flexibility index (Phi) is 3.71. The first-order valence-electron chi connectivity index (χ1n) is 6.67. The summed E-state index contributed by atoms with van der Waals surface area (Å²) in [6, 6.07) is 12.2. The topological polar surface area (TPSA) is 58.6 Å². The molecule has 4 nitrogen and oxygen atoms in total. The summed E-state index contributed by atoms with van der Waals surface area (Å²) in [5, 5.41) is 13.0. The first-order valence-corrected chi connectivity index (χ1v) is 7.04. The van der Waals surface area contributed by atoms with Gasteiger partial charge >= 0.3 is 0 Å². The van der Waals surface area contributed by atoms with Crippen LogP contribution in [0.4, 0.5) is 0 Å². The monoisotopic (exact) mass is 303 g/mol. The number of para-hydroxylation sites is 2. The minimum atomic E-state index is -0.350. The van der Waals surface area contributed by atoms with Crippen LogP contribution in [0.1, 0.15) is 28.4 Å². The quantitative estimate of drug-likeness (QED) is 0.895. The number of phenolic OH excluding ortho intramolecular Hbond substituents is 1. The summed E-state index contributed by atoms with van der Waals surface area (Å²) >= 11 is 5.83. The maximum atomic E-state index is 12.3. The van der Waals surface area contributed by atoms with Gasteiger partial charge in [0.2, 0.25) is 0 Å². The highest BCUT2D eigenvalue weighted by Crippen LogP contribution is 2.33. The van der Waals surface area contributed by atoms with Gasteiger partial charge in [-0.2, -0.15) is 0 Å². The fourth-order valence-corrected chi connectivity index (χ4v) is 2.60. The molecule has 0 radical (unpaired) electrons. The van der Waals surface area contributed by atoms with Crippen LogP contribution in [0.2, 0.25) is 5.02 Å². The van der Waals surface area contributed by atoms with Crippen molar-refractivity contribution in [1.82, 2.24) is 5.32 Å². The van der Waals surface area contributed by atoms with Crippen LogP contribution in [0.3, 0.4) is 0 Å². The molecule has 1 aliphatic rings. The molecule has 2 aromatic rings. The van der Waals surface area contributed by atoms with E-state index in [4.69, 9.17) is 16.3 Å². The lowest BCUT2D eigenvalue weighted by Crippen LogP contribution is -2.32. The van der Waals surface area contributed by atoms with Gasteiger partial charge in [0.05, 0.1) is 23.2 Å². The average Bonchev–Trinajstić information content (AvgIpc) is 2.50. The molecule has 3 rings (SSSR count). The number of amides is 1. The zero-order chi connectivity index (χ0) is 14.8. The minimum Gasteiger partial charge on any atom is -0.506 e. The number of carbonyl (C=O) groups is 1. The minimum absolute atomic E-state index is 0.138. The van der Waals surface area contributed by atoms with Gasteiger partial charge in [0.25, 0.3) is 5.91 Å². The normalized spacial score (nSPS) is 16.7. The van der Waals surface area contributed by atoms with Gasteiger partial charge in [0.15, 0.2) is 0 Å². The maximum absolute atomic E-state index is 12.3. The number of hydrogen-bond acceptors (Lipinski definition) is 3. The van der Waals surface area contributed by atoms with Gasteiger partial charge in [-0.1, -0.05) is 35.9 Å². The summed E-state index contributed by atoms with van der Waals surface area (Å²) in [7, 11) is 0. The van der Waals surface area contributed by atoms with Crippen LogP contribution in [0, 0.1) is 0 Å². The molecule has 0 saturated carbocycles. The summed E-state index contributed by atoms with van der Waals surface area (Å²) in [5.41, 5.74) is 1.12. The van der Waals surface area contributed by atoms with Crippen LogP contribution in [-0.2, 0) is 0 Å². The van der Waals surface area contributed by atoms with E-state index in [2.05, 4.69) is 5.32 Å². The highest BCUT2D eigenvalue weighted by Gasteiger charge is 2.24. The number of rotatable bonds is 2. The van der Waals surface area contributed by atoms with E-state index in [0.717, 1.165) is 11.3 Å². The second-order valence-corrected chi connectivity index (χ2v) is 5.24. The molecule has 0 spiro atoms. The molecule has 5 heteroatoms. The molecule has 1 heterocycles. The third kappa shape index (κ3) is 2.67. The second kappa shape index (κ2) is 5.66. The molecule has 108 valence electrons. The van der Waals surface area contributed by atoms with E-state index in [0.29, 0.717) is 13.0 Å². The van der Waals surface area contributed by atoms with Crippen LogP contribution in [0.25, 0.3) is 0 Å². The van der Waals surface area contributed by atoms with Crippen molar-refractivity contribution < 1.29 is 14.6 Å². The van der Waals surface area contributed by atoms with Crippen molar-refractivity contribution in [2.75, 3.05) is 6.61 Å². The molecule has 2 aromatic carbocycles. The highest BCUT2D eigenvalue weighted by molar-refractivity contribution is 6.32. The van der Waals surface area contributed by atoms with E-state index in [1.54, 1.807) is 12.1 Å². The molecule has 0 unspecified atom stereocenters. The predicted octanol–water partition coefficient (Wildman–Crippen LogP) is 3.30. The molecule has 1 aliphatic heterocycles. The number of carbonyl (C=O) groups excluding carboxylic acids is 1. The van der Waals surface area contributed by atoms with Crippen molar-refractivity contribution in [2.45, 2.75) is 12.5 Å². The first-order chi connectivity index (χ1) is 10.2. The molecule has 0 aromatic heterocycles. The third-order valence-corrected chi connectivity index (χ3v) is 3.80. The van der Waals surface area contributed by atoms with Gasteiger partial charge in [0, 0.05) is 12.0 Å². The molecular weight excluding hydrogens is 290 g/mol. The number of benzene rings is 2. The number of halogens is 1. The first kappa shape index (κ1) is 13.8. The van der Waals surface area contributed by atoms with E-state index in [1.807, 2.05) is 24.3 Å². The van der Waals surface area contributed by atoms with E-state index < -0.39 is 0 Å². The predicted molar refractivity (Wildman–Crippen MR) is 79.9 cm³/mol. The Labute approximate surface area is 127 Å². The molecule has 21 heavy (non-hydrogen) atoms. The highest BCUT2D eigenvalue weighted by atomic mass is 35.5. The largest absolute Gasteiger partial charge is 0.506 e. The fourth-order valence-electron chi connectivity index (χ4n) is 2.43. The Morgan fingerprint density at radius 3 is 2.90 bits per heavy atom. The summed E-state index contributed by atoms with van der Waals surface area (Å²) < 4.78 is 5.56. The number of phenols is 1. The summed E-state index contributed by atoms with van der Waals surface area (Å²) in [6.07, 6.45) is 0.685. The van der Waals surface area contributed by atoms with Crippen LogP contribution in [0.5, 0.6) is 11.5 Å². The van der Waals surface area contributed by atoms with Gasteiger partial charge in [-0.25, -0.2) is 0 Å². The van der Waals surface area contributed by atoms with Gasteiger partial charge in [-0.15, -0.1) is 0 Å². The molecule has 0 fully saturated rings. The average molecular weight is 304 g/mol. The lowest BCUT2D eigenvalue weighted by atomic mass is 10.00. The van der Waals surface area contributed by atoms with Crippen LogP contribution < -0.4 is 10.1 Å². The van der Waals surface area contributed by atoms with Gasteiger partial charge < -0.3 is 15.2 Å². The van der Waals surface area contributed by atoms with Gasteiger partial charge in [-0.3, -0.25) is 4.79 Å². The van der Waals surface area contributed by atoms with Crippen molar-refractivity contribution in [2.24, 2.45) is 0 Å². The molecule has 2 N–H and O–H groups in total. The molecule has 1 atom stereocenters. The number of hydrogen-bond donors (Lipinski definition) is 2. The van der Waals surface area contributed by atoms with E-state index in [1.165, 1.54) is 6.07 Å². The number of ether oxygens (including phenoxy) is 1. The Hall–Kier alpha value is -2.20. The Balaban J connectivity index is 1.85. The third-order valence-electron chi connectivity index (χ3n) is 3.50. The Bertz CT molecular complexity index is 687. The zero-order valence-electron chi connectivity index (χ0n) is 11.2. The van der Waals surface area contributed by atoms with Crippen molar-refractivity contribution in [1.29, 1.82) is 0 Å². The molecule has 0 saturated heterocycles. The molecule has 0 bridgehead atoms. The number of fused-ring (bicyclic) bond motifs is 1. The fraction of sp³-hybridized carbons (Fsp3) is 0.188. The van der Waals surface area contributed by atoms with Crippen molar-refractivity contribution in [3.05, 3.63) is 58.6 Å². The van der Waals surface area contributed by atoms with Crippen molar-refractivity contribution >= 4 is 17.5 Å². The zero-order valence-corrected chi connectivity index (χ0v) is 11.9. The summed E-state index contributed by atoms with van der Waals surface area (Å²) in [6.45, 7) is 0.545. The number of nitrogens with one attached hydrogen (secondary N) is 1. The molecule has 1 amide bonds. The SMILES string of the molecule is O=C(N[C@@H]1CCOc2ccccc21)c1cccc(Cl)c1O. The van der Waals surface area contributed by atoms with Crippen molar-refractivity contribution in [3.8, 4) is 11.5 Å². The van der Waals surface area contributed by atoms with E-state index in [9.17, 15) is 9.90 Å². The maximum Gasteiger partial charge on any atom is 0.255 e. The second-order valence-electron chi connectivity index (χ2n) is 4.84. The van der Waals surface area contributed by atoms with Gasteiger partial charge in [0.1, 0.15) is 11.5 Å². The molecule has 0 aliphatic carbocycles. The smallest absolute Gasteiger partial charge is 0.255 e. The number of aromatic hydroxyl groups is 1. The summed E-state index contributed by atoms with van der Waals surface area (Å²) in [4.78, 5) is 12.3. The lowest BCUT2D eigenvalue weighted by molar-refractivity contribution is 0.0922.